The number of allylic oxidation sites excluding steroid dienone is 1. The Morgan fingerprint density at radius 2 is 2.13 bits per heavy atom. The maximum atomic E-state index is 13.8. The van der Waals surface area contributed by atoms with Crippen LogP contribution in [0, 0.1) is 5.41 Å². The first-order valence-corrected chi connectivity index (χ1v) is 10.3. The molecular formula is C23H28N4O3. The molecule has 0 saturated carbocycles. The fourth-order valence-electron chi connectivity index (χ4n) is 4.38. The zero-order valence-electron chi connectivity index (χ0n) is 17.9. The lowest BCUT2D eigenvalue weighted by molar-refractivity contribution is 0.0536. The number of rotatable bonds is 6. The molecule has 0 fully saturated rings. The second-order valence-electron chi connectivity index (χ2n) is 8.81. The third-order valence-electron chi connectivity index (χ3n) is 5.61. The van der Waals surface area contributed by atoms with E-state index < -0.39 is 17.1 Å². The number of hydrogen-bond acceptors (Lipinski definition) is 4. The smallest absolute Gasteiger partial charge is 0.419 e. The molecule has 7 nitrogen and oxygen atoms in total. The Bertz CT molecular complexity index is 1040. The van der Waals surface area contributed by atoms with Crippen LogP contribution in [0.25, 0.3) is 21.3 Å². The Morgan fingerprint density at radius 1 is 1.40 bits per heavy atom. The minimum atomic E-state index is -0.637. The van der Waals surface area contributed by atoms with E-state index in [4.69, 9.17) is 10.3 Å². The van der Waals surface area contributed by atoms with Crippen LogP contribution in [0.3, 0.4) is 0 Å². The largest absolute Gasteiger partial charge is 0.443 e. The quantitative estimate of drug-likeness (QED) is 0.187. The van der Waals surface area contributed by atoms with Gasteiger partial charge in [-0.05, 0) is 64.5 Å². The molecule has 0 N–H and O–H groups in total. The van der Waals surface area contributed by atoms with Gasteiger partial charge in [0.05, 0.1) is 5.52 Å². The number of fused-ring (bicyclic) bond motifs is 3. The van der Waals surface area contributed by atoms with E-state index in [0.29, 0.717) is 55.4 Å². The van der Waals surface area contributed by atoms with Crippen LogP contribution in [0.5, 0.6) is 0 Å². The minimum absolute atomic E-state index is 0.0306. The molecule has 1 aliphatic rings. The second kappa shape index (κ2) is 8.36. The third-order valence-corrected chi connectivity index (χ3v) is 5.61. The SMILES string of the molecule is C=CCC1(CCCN=[N+]=[N-])CCc2c(c3ccccc3n2C(=O)OC(C)(C)C)C1=O. The maximum absolute atomic E-state index is 13.8. The molecule has 158 valence electrons. The number of hydrogen-bond donors (Lipinski definition) is 0. The molecule has 1 unspecified atom stereocenters. The topological polar surface area (TPSA) is 97.1 Å². The fourth-order valence-corrected chi connectivity index (χ4v) is 4.38. The van der Waals surface area contributed by atoms with Crippen LogP contribution in [0.2, 0.25) is 0 Å². The maximum Gasteiger partial charge on any atom is 0.419 e. The molecule has 1 aromatic carbocycles. The van der Waals surface area contributed by atoms with Crippen molar-refractivity contribution in [2.24, 2.45) is 10.5 Å². The summed E-state index contributed by atoms with van der Waals surface area (Å²) in [6.07, 6.45) is 4.31. The number of aromatic nitrogens is 1. The van der Waals surface area contributed by atoms with Crippen molar-refractivity contribution in [3.8, 4) is 0 Å². The molecule has 2 aromatic rings. The molecule has 0 saturated heterocycles. The normalized spacial score (nSPS) is 18.6. The summed E-state index contributed by atoms with van der Waals surface area (Å²) in [5.41, 5.74) is 9.31. The summed E-state index contributed by atoms with van der Waals surface area (Å²) in [5, 5.41) is 4.38. The van der Waals surface area contributed by atoms with Gasteiger partial charge in [-0.15, -0.1) is 6.58 Å². The van der Waals surface area contributed by atoms with E-state index in [1.807, 2.05) is 45.0 Å². The van der Waals surface area contributed by atoms with E-state index in [1.54, 1.807) is 10.6 Å². The number of carbonyl (C=O) groups is 2. The summed E-state index contributed by atoms with van der Waals surface area (Å²) < 4.78 is 7.19. The van der Waals surface area contributed by atoms with Crippen LogP contribution < -0.4 is 0 Å². The highest BCUT2D eigenvalue weighted by Crippen LogP contribution is 2.45. The van der Waals surface area contributed by atoms with Gasteiger partial charge in [0.2, 0.25) is 0 Å². The van der Waals surface area contributed by atoms with Gasteiger partial charge < -0.3 is 4.74 Å². The summed E-state index contributed by atoms with van der Waals surface area (Å²) in [5.74, 6) is 0.0306. The van der Waals surface area contributed by atoms with Crippen LogP contribution in [0.1, 0.15) is 62.5 Å². The van der Waals surface area contributed by atoms with Crippen molar-refractivity contribution < 1.29 is 14.3 Å². The monoisotopic (exact) mass is 408 g/mol. The molecule has 1 aliphatic carbocycles. The van der Waals surface area contributed by atoms with Crippen molar-refractivity contribution in [2.75, 3.05) is 6.54 Å². The molecule has 0 bridgehead atoms. The first-order chi connectivity index (χ1) is 14.2. The van der Waals surface area contributed by atoms with Crippen LogP contribution in [-0.2, 0) is 11.2 Å². The zero-order valence-corrected chi connectivity index (χ0v) is 17.9. The Morgan fingerprint density at radius 3 is 2.80 bits per heavy atom. The Hall–Kier alpha value is -3.05. The predicted octanol–water partition coefficient (Wildman–Crippen LogP) is 6.21. The van der Waals surface area contributed by atoms with Gasteiger partial charge in [0, 0.05) is 33.5 Å². The minimum Gasteiger partial charge on any atom is -0.443 e. The van der Waals surface area contributed by atoms with E-state index in [0.717, 1.165) is 5.39 Å². The number of Topliss-reactive ketones (excluding diaryl/α,β-unsaturated/α-hetero) is 1. The first kappa shape index (κ1) is 21.7. The summed E-state index contributed by atoms with van der Waals surface area (Å²) >= 11 is 0. The highest BCUT2D eigenvalue weighted by atomic mass is 16.6. The molecule has 30 heavy (non-hydrogen) atoms. The van der Waals surface area contributed by atoms with Crippen LogP contribution >= 0.6 is 0 Å². The van der Waals surface area contributed by atoms with Gasteiger partial charge in [0.15, 0.2) is 5.78 Å². The molecule has 0 aliphatic heterocycles. The Kier molecular flexibility index (Phi) is 6.04. The molecule has 7 heteroatoms. The van der Waals surface area contributed by atoms with Crippen molar-refractivity contribution in [1.29, 1.82) is 0 Å². The highest BCUT2D eigenvalue weighted by Gasteiger charge is 2.44. The van der Waals surface area contributed by atoms with Crippen LogP contribution in [0.4, 0.5) is 4.79 Å². The van der Waals surface area contributed by atoms with Crippen LogP contribution in [-0.4, -0.2) is 28.6 Å². The number of ether oxygens (including phenoxy) is 1. The number of ketones is 1. The number of para-hydroxylation sites is 1. The highest BCUT2D eigenvalue weighted by molar-refractivity contribution is 6.14. The molecule has 1 aromatic heterocycles. The van der Waals surface area contributed by atoms with E-state index in [-0.39, 0.29) is 5.78 Å². The van der Waals surface area contributed by atoms with E-state index in [2.05, 4.69) is 16.6 Å². The molecule has 0 spiro atoms. The van der Waals surface area contributed by atoms with E-state index >= 15 is 0 Å². The Labute approximate surface area is 176 Å². The van der Waals surface area contributed by atoms with Gasteiger partial charge in [0.25, 0.3) is 0 Å². The predicted molar refractivity (Wildman–Crippen MR) is 117 cm³/mol. The molecule has 3 rings (SSSR count). The summed E-state index contributed by atoms with van der Waals surface area (Å²) in [4.78, 5) is 29.6. The summed E-state index contributed by atoms with van der Waals surface area (Å²) in [6, 6.07) is 7.47. The third kappa shape index (κ3) is 3.98. The molecule has 1 heterocycles. The first-order valence-electron chi connectivity index (χ1n) is 10.3. The Balaban J connectivity index is 2.10. The molecule has 1 atom stereocenters. The molecular weight excluding hydrogens is 380 g/mol. The van der Waals surface area contributed by atoms with Gasteiger partial charge in [-0.2, -0.15) is 0 Å². The lowest BCUT2D eigenvalue weighted by atomic mass is 9.67. The number of benzene rings is 1. The molecule has 0 radical (unpaired) electrons. The average Bonchev–Trinajstić information content (AvgIpc) is 3.02. The summed E-state index contributed by atoms with van der Waals surface area (Å²) in [7, 11) is 0. The van der Waals surface area contributed by atoms with Crippen molar-refractivity contribution in [3.63, 3.8) is 0 Å². The van der Waals surface area contributed by atoms with Crippen molar-refractivity contribution in [2.45, 2.75) is 58.5 Å². The number of carbonyl (C=O) groups excluding carboxylic acids is 2. The number of azide groups is 1. The van der Waals surface area contributed by atoms with Gasteiger partial charge >= 0.3 is 6.09 Å². The zero-order chi connectivity index (χ0) is 21.9. The fraction of sp³-hybridized carbons (Fsp3) is 0.478. The van der Waals surface area contributed by atoms with Gasteiger partial charge in [0.1, 0.15) is 5.60 Å². The van der Waals surface area contributed by atoms with E-state index in [1.165, 1.54) is 0 Å². The standard InChI is InChI=1S/C23H28N4O3/c1-5-12-23(13-8-15-25-26-24)14-11-18-19(20(23)28)16-9-6-7-10-17(16)27(18)21(29)30-22(2,3)4/h5-7,9-10H,1,8,11-15H2,2-4H3. The average molecular weight is 409 g/mol. The van der Waals surface area contributed by atoms with Gasteiger partial charge in [-0.3, -0.25) is 4.79 Å². The number of nitrogens with zero attached hydrogens (tertiary/aromatic N) is 4. The van der Waals surface area contributed by atoms with Gasteiger partial charge in [-0.1, -0.05) is 29.4 Å². The van der Waals surface area contributed by atoms with Gasteiger partial charge in [-0.25, -0.2) is 9.36 Å². The van der Waals surface area contributed by atoms with Crippen molar-refractivity contribution in [1.82, 2.24) is 4.57 Å². The molecule has 0 amide bonds. The summed E-state index contributed by atoms with van der Waals surface area (Å²) in [6.45, 7) is 9.69. The van der Waals surface area contributed by atoms with E-state index in [9.17, 15) is 9.59 Å². The lowest BCUT2D eigenvalue weighted by Gasteiger charge is -2.35. The van der Waals surface area contributed by atoms with Crippen LogP contribution in [0.15, 0.2) is 42.0 Å². The lowest BCUT2D eigenvalue weighted by Crippen LogP contribution is -2.37. The second-order valence-corrected chi connectivity index (χ2v) is 8.81. The van der Waals surface area contributed by atoms with Crippen molar-refractivity contribution >= 4 is 22.8 Å². The van der Waals surface area contributed by atoms with Crippen molar-refractivity contribution in [3.05, 3.63) is 58.6 Å².